The van der Waals surface area contributed by atoms with Gasteiger partial charge in [0.2, 0.25) is 0 Å². The third-order valence-corrected chi connectivity index (χ3v) is 4.82. The predicted molar refractivity (Wildman–Crippen MR) is 94.7 cm³/mol. The van der Waals surface area contributed by atoms with Crippen LogP contribution in [0.5, 0.6) is 0 Å². The van der Waals surface area contributed by atoms with Crippen LogP contribution >= 0.6 is 11.3 Å². The van der Waals surface area contributed by atoms with E-state index in [0.717, 1.165) is 28.4 Å². The Morgan fingerprint density at radius 2 is 1.88 bits per heavy atom. The van der Waals surface area contributed by atoms with Crippen LogP contribution in [0.25, 0.3) is 0 Å². The maximum Gasteiger partial charge on any atom is 0.416 e. The first-order valence-electron chi connectivity index (χ1n) is 7.71. The van der Waals surface area contributed by atoms with E-state index >= 15 is 0 Å². The van der Waals surface area contributed by atoms with Crippen LogP contribution in [-0.2, 0) is 19.3 Å². The first-order valence-corrected chi connectivity index (χ1v) is 8.53. The molecule has 2 rings (SSSR count). The molecule has 1 aromatic heterocycles. The van der Waals surface area contributed by atoms with E-state index < -0.39 is 11.7 Å². The summed E-state index contributed by atoms with van der Waals surface area (Å²) in [5.74, 6) is 0.658. The number of hydrogen-bond donors (Lipinski definition) is 1. The van der Waals surface area contributed by atoms with Crippen LogP contribution in [0.1, 0.15) is 26.7 Å². The standard InChI is InChI=1S/C17H21F3N4S/c1-11-12(2)25-15(23-11)9-22-16(21-3)24(4)10-13-5-7-14(8-6-13)17(18,19)20/h5-8H,9-10H2,1-4H3,(H,21,22). The van der Waals surface area contributed by atoms with E-state index in [1.165, 1.54) is 17.0 Å². The van der Waals surface area contributed by atoms with Crippen molar-refractivity contribution in [3.63, 3.8) is 0 Å². The quantitative estimate of drug-likeness (QED) is 0.654. The lowest BCUT2D eigenvalue weighted by molar-refractivity contribution is -0.137. The van der Waals surface area contributed by atoms with Gasteiger partial charge in [-0.15, -0.1) is 11.3 Å². The van der Waals surface area contributed by atoms with Gasteiger partial charge in [-0.25, -0.2) is 4.98 Å². The molecule has 1 N–H and O–H groups in total. The lowest BCUT2D eigenvalue weighted by Gasteiger charge is -2.22. The van der Waals surface area contributed by atoms with Crippen LogP contribution < -0.4 is 5.32 Å². The molecule has 0 radical (unpaired) electrons. The number of rotatable bonds is 4. The number of aromatic nitrogens is 1. The molecule has 0 aliphatic carbocycles. The zero-order valence-corrected chi connectivity index (χ0v) is 15.4. The molecule has 8 heteroatoms. The highest BCUT2D eigenvalue weighted by atomic mass is 32.1. The van der Waals surface area contributed by atoms with E-state index in [-0.39, 0.29) is 0 Å². The molecule has 0 atom stereocenters. The second-order valence-corrected chi connectivity index (χ2v) is 6.99. The molecule has 0 saturated carbocycles. The highest BCUT2D eigenvalue weighted by molar-refractivity contribution is 7.11. The molecule has 0 unspecified atom stereocenters. The van der Waals surface area contributed by atoms with Crippen molar-refractivity contribution >= 4 is 17.3 Å². The van der Waals surface area contributed by atoms with Crippen LogP contribution in [0, 0.1) is 13.8 Å². The third-order valence-electron chi connectivity index (χ3n) is 3.74. The summed E-state index contributed by atoms with van der Waals surface area (Å²) in [6, 6.07) is 5.17. The van der Waals surface area contributed by atoms with Gasteiger partial charge in [0.05, 0.1) is 17.8 Å². The summed E-state index contributed by atoms with van der Waals surface area (Å²) in [6.07, 6.45) is -4.31. The van der Waals surface area contributed by atoms with Gasteiger partial charge < -0.3 is 10.2 Å². The molecule has 0 bridgehead atoms. The van der Waals surface area contributed by atoms with Gasteiger partial charge in [0.25, 0.3) is 0 Å². The van der Waals surface area contributed by atoms with Crippen molar-refractivity contribution in [3.05, 3.63) is 51.0 Å². The third kappa shape index (κ3) is 5.19. The number of nitrogens with one attached hydrogen (secondary N) is 1. The number of halogens is 3. The Balaban J connectivity index is 1.96. The molecule has 0 fully saturated rings. The topological polar surface area (TPSA) is 40.5 Å². The molecule has 0 amide bonds. The predicted octanol–water partition coefficient (Wildman–Crippen LogP) is 3.99. The van der Waals surface area contributed by atoms with Crippen molar-refractivity contribution in [2.24, 2.45) is 4.99 Å². The first kappa shape index (κ1) is 19.2. The van der Waals surface area contributed by atoms with Gasteiger partial charge in [-0.1, -0.05) is 12.1 Å². The number of aryl methyl sites for hydroxylation is 2. The van der Waals surface area contributed by atoms with Crippen LogP contribution in [0.4, 0.5) is 13.2 Å². The van der Waals surface area contributed by atoms with Crippen molar-refractivity contribution in [1.82, 2.24) is 15.2 Å². The number of benzene rings is 1. The molecular weight excluding hydrogens is 349 g/mol. The van der Waals surface area contributed by atoms with Gasteiger partial charge in [-0.05, 0) is 31.5 Å². The van der Waals surface area contributed by atoms with Crippen molar-refractivity contribution < 1.29 is 13.2 Å². The Hall–Kier alpha value is -2.09. The van der Waals surface area contributed by atoms with Crippen molar-refractivity contribution in [1.29, 1.82) is 0 Å². The van der Waals surface area contributed by atoms with Crippen LogP contribution in [0.2, 0.25) is 0 Å². The fourth-order valence-electron chi connectivity index (χ4n) is 2.30. The molecule has 1 aromatic carbocycles. The highest BCUT2D eigenvalue weighted by Crippen LogP contribution is 2.29. The largest absolute Gasteiger partial charge is 0.416 e. The van der Waals surface area contributed by atoms with E-state index in [1.54, 1.807) is 18.4 Å². The molecule has 4 nitrogen and oxygen atoms in total. The fourth-order valence-corrected chi connectivity index (χ4v) is 3.18. The summed E-state index contributed by atoms with van der Waals surface area (Å²) in [6.45, 7) is 5.01. The minimum Gasteiger partial charge on any atom is -0.350 e. The highest BCUT2D eigenvalue weighted by Gasteiger charge is 2.29. The number of alkyl halides is 3. The van der Waals surface area contributed by atoms with E-state index in [4.69, 9.17) is 0 Å². The second-order valence-electron chi connectivity index (χ2n) is 5.70. The summed E-state index contributed by atoms with van der Waals surface area (Å²) in [4.78, 5) is 11.7. The summed E-state index contributed by atoms with van der Waals surface area (Å²) < 4.78 is 37.8. The molecule has 136 valence electrons. The zero-order chi connectivity index (χ0) is 18.6. The average Bonchev–Trinajstić information content (AvgIpc) is 2.86. The number of nitrogens with zero attached hydrogens (tertiary/aromatic N) is 3. The summed E-state index contributed by atoms with van der Waals surface area (Å²) in [7, 11) is 3.51. The monoisotopic (exact) mass is 370 g/mol. The number of thiazole rings is 1. The molecule has 0 spiro atoms. The van der Waals surface area contributed by atoms with Crippen LogP contribution in [0.3, 0.4) is 0 Å². The number of aliphatic imine (C=N–C) groups is 1. The Morgan fingerprint density at radius 1 is 1.24 bits per heavy atom. The Bertz CT molecular complexity index is 716. The molecule has 0 aliphatic heterocycles. The summed E-state index contributed by atoms with van der Waals surface area (Å²) in [5.41, 5.74) is 1.16. The Kier molecular flexibility index (Phi) is 6.05. The molecule has 0 saturated heterocycles. The minimum absolute atomic E-state index is 0.452. The number of guanidine groups is 1. The van der Waals surface area contributed by atoms with Gasteiger partial charge in [0.1, 0.15) is 5.01 Å². The maximum atomic E-state index is 12.6. The van der Waals surface area contributed by atoms with E-state index in [2.05, 4.69) is 15.3 Å². The molecule has 1 heterocycles. The Labute approximate surface area is 149 Å². The SMILES string of the molecule is CN=C(NCc1nc(C)c(C)s1)N(C)Cc1ccc(C(F)(F)F)cc1. The zero-order valence-electron chi connectivity index (χ0n) is 14.6. The van der Waals surface area contributed by atoms with Crippen molar-refractivity contribution in [3.8, 4) is 0 Å². The molecule has 0 aliphatic rings. The van der Waals surface area contributed by atoms with Crippen LogP contribution in [-0.4, -0.2) is 29.9 Å². The Morgan fingerprint density at radius 3 is 2.36 bits per heavy atom. The lowest BCUT2D eigenvalue weighted by atomic mass is 10.1. The van der Waals surface area contributed by atoms with Gasteiger partial charge >= 0.3 is 6.18 Å². The van der Waals surface area contributed by atoms with E-state index in [9.17, 15) is 13.2 Å². The molecule has 2 aromatic rings. The maximum absolute atomic E-state index is 12.6. The van der Waals surface area contributed by atoms with Gasteiger partial charge in [-0.2, -0.15) is 13.2 Å². The van der Waals surface area contributed by atoms with E-state index in [0.29, 0.717) is 19.0 Å². The van der Waals surface area contributed by atoms with Gasteiger partial charge in [0.15, 0.2) is 5.96 Å². The van der Waals surface area contributed by atoms with E-state index in [1.807, 2.05) is 25.8 Å². The first-order chi connectivity index (χ1) is 11.7. The lowest BCUT2D eigenvalue weighted by Crippen LogP contribution is -2.38. The molecule has 25 heavy (non-hydrogen) atoms. The summed E-state index contributed by atoms with van der Waals surface area (Å²) >= 11 is 1.63. The minimum atomic E-state index is -4.31. The second kappa shape index (κ2) is 7.86. The van der Waals surface area contributed by atoms with Crippen LogP contribution in [0.15, 0.2) is 29.3 Å². The average molecular weight is 370 g/mol. The van der Waals surface area contributed by atoms with Crippen molar-refractivity contribution in [2.45, 2.75) is 33.1 Å². The fraction of sp³-hybridized carbons (Fsp3) is 0.412. The van der Waals surface area contributed by atoms with Gasteiger partial charge in [0, 0.05) is 25.5 Å². The van der Waals surface area contributed by atoms with Gasteiger partial charge in [-0.3, -0.25) is 4.99 Å². The molecular formula is C17H21F3N4S. The van der Waals surface area contributed by atoms with Crippen molar-refractivity contribution in [2.75, 3.05) is 14.1 Å². The summed E-state index contributed by atoms with van der Waals surface area (Å²) in [5, 5.41) is 4.20. The normalized spacial score (nSPS) is 12.4. The number of hydrogen-bond acceptors (Lipinski definition) is 3. The smallest absolute Gasteiger partial charge is 0.350 e.